The Labute approximate surface area is 278 Å². The quantitative estimate of drug-likeness (QED) is 0.185. The van der Waals surface area contributed by atoms with Crippen LogP contribution in [0.4, 0.5) is 5.69 Å². The fraction of sp³-hybridized carbons (Fsp3) is 0.351. The van der Waals surface area contributed by atoms with Gasteiger partial charge in [-0.1, -0.05) is 73.5 Å². The highest BCUT2D eigenvalue weighted by molar-refractivity contribution is 5.98. The largest absolute Gasteiger partial charge is 0.445 e. The van der Waals surface area contributed by atoms with Gasteiger partial charge in [-0.3, -0.25) is 14.4 Å². The maximum absolute atomic E-state index is 14.4. The number of hydrogen-bond acceptors (Lipinski definition) is 8. The summed E-state index contributed by atoms with van der Waals surface area (Å²) in [6.45, 7) is 0.155. The third kappa shape index (κ3) is 6.85. The van der Waals surface area contributed by atoms with Crippen molar-refractivity contribution >= 4 is 34.5 Å². The summed E-state index contributed by atoms with van der Waals surface area (Å²) in [5, 5.41) is 6.46. The smallest absolute Gasteiger partial charge is 0.394 e. The fourth-order valence-corrected chi connectivity index (χ4v) is 6.63. The summed E-state index contributed by atoms with van der Waals surface area (Å²) in [6, 6.07) is 24.4. The van der Waals surface area contributed by atoms with Gasteiger partial charge >= 0.3 is 6.08 Å². The number of carbonyl (C=O) groups excluding carboxylic acids is 3. The van der Waals surface area contributed by atoms with Crippen LogP contribution in [-0.4, -0.2) is 57.9 Å². The van der Waals surface area contributed by atoms with Crippen LogP contribution in [0.1, 0.15) is 44.9 Å². The number of para-hydroxylation sites is 4. The molecule has 5 atom stereocenters. The zero-order chi connectivity index (χ0) is 32.9. The van der Waals surface area contributed by atoms with Crippen LogP contribution in [-0.2, 0) is 14.4 Å². The Hall–Kier alpha value is -5.32. The van der Waals surface area contributed by atoms with E-state index in [1.54, 1.807) is 35.2 Å². The van der Waals surface area contributed by atoms with Crippen LogP contribution in [0.25, 0.3) is 11.1 Å². The number of benzene rings is 3. The van der Waals surface area contributed by atoms with Crippen LogP contribution in [0.2, 0.25) is 0 Å². The number of hydroxylamine groups is 1. The molecular weight excluding hydrogens is 610 g/mol. The highest BCUT2D eigenvalue weighted by Gasteiger charge is 2.61. The lowest BCUT2D eigenvalue weighted by Gasteiger charge is -2.30. The van der Waals surface area contributed by atoms with Crippen molar-refractivity contribution in [1.82, 2.24) is 20.7 Å². The number of carbonyl (C=O) groups is 3. The van der Waals surface area contributed by atoms with Gasteiger partial charge < -0.3 is 29.5 Å². The second-order valence-corrected chi connectivity index (χ2v) is 12.7. The molecule has 1 aliphatic carbocycles. The normalized spacial score (nSPS) is 26.6. The van der Waals surface area contributed by atoms with Crippen molar-refractivity contribution in [3.05, 3.63) is 97.1 Å². The first-order chi connectivity index (χ1) is 23.5. The molecule has 3 aromatic carbocycles. The number of anilines is 1. The van der Waals surface area contributed by atoms with E-state index in [9.17, 15) is 14.4 Å². The second-order valence-electron chi connectivity index (χ2n) is 12.7. The van der Waals surface area contributed by atoms with Crippen LogP contribution in [0.3, 0.4) is 0 Å². The van der Waals surface area contributed by atoms with Crippen molar-refractivity contribution in [2.75, 3.05) is 11.9 Å². The van der Waals surface area contributed by atoms with Gasteiger partial charge in [0.2, 0.25) is 11.8 Å². The summed E-state index contributed by atoms with van der Waals surface area (Å²) in [5.74, 6) is -0.810. The van der Waals surface area contributed by atoms with Crippen LogP contribution in [0, 0.1) is 5.92 Å². The Morgan fingerprint density at radius 3 is 2.54 bits per heavy atom. The summed E-state index contributed by atoms with van der Waals surface area (Å²) in [4.78, 5) is 53.9. The lowest BCUT2D eigenvalue weighted by atomic mass is 10.0. The molecule has 1 aromatic heterocycles. The third-order valence-corrected chi connectivity index (χ3v) is 9.31. The molecule has 11 heteroatoms. The number of aromatic nitrogens is 1. The lowest BCUT2D eigenvalue weighted by molar-refractivity contribution is -0.141. The number of ether oxygens (including phenoxy) is 1. The summed E-state index contributed by atoms with van der Waals surface area (Å²) >= 11 is 0. The van der Waals surface area contributed by atoms with Gasteiger partial charge in [0, 0.05) is 18.0 Å². The van der Waals surface area contributed by atoms with Gasteiger partial charge in [-0.2, -0.15) is 10.5 Å². The molecule has 2 fully saturated rings. The van der Waals surface area contributed by atoms with E-state index in [4.69, 9.17) is 14.0 Å². The second kappa shape index (κ2) is 13.8. The summed E-state index contributed by atoms with van der Waals surface area (Å²) < 4.78 is 12.0. The molecule has 3 heterocycles. The molecule has 1 saturated carbocycles. The van der Waals surface area contributed by atoms with Crippen LogP contribution in [0.5, 0.6) is 11.8 Å². The monoisotopic (exact) mass is 649 g/mol. The number of allylic oxidation sites excluding steroid dienone is 1. The van der Waals surface area contributed by atoms with Gasteiger partial charge in [-0.15, -0.1) is 0 Å². The lowest BCUT2D eigenvalue weighted by Crippen LogP contribution is -2.57. The summed E-state index contributed by atoms with van der Waals surface area (Å²) in [6.07, 6.45) is 8.41. The average Bonchev–Trinajstić information content (AvgIpc) is 3.41. The SMILES string of the molecule is O=C1N[C@]2(C(=O)NOc3ccccc3)C[C@H]2/C=C\CCCCC[C@H](Nc2ccccc2)C(=O)N2C[C@H](Oc3nc4ccccc4o3)C[C@@H]12. The number of rotatable bonds is 7. The molecule has 0 unspecified atom stereocenters. The maximum atomic E-state index is 14.4. The first-order valence-corrected chi connectivity index (χ1v) is 16.6. The Morgan fingerprint density at radius 2 is 1.73 bits per heavy atom. The highest BCUT2D eigenvalue weighted by Crippen LogP contribution is 2.45. The summed E-state index contributed by atoms with van der Waals surface area (Å²) in [7, 11) is 0. The van der Waals surface area contributed by atoms with E-state index >= 15 is 0 Å². The van der Waals surface area contributed by atoms with Crippen molar-refractivity contribution in [2.24, 2.45) is 5.92 Å². The fourth-order valence-electron chi connectivity index (χ4n) is 6.63. The molecule has 3 aliphatic rings. The maximum Gasteiger partial charge on any atom is 0.394 e. The van der Waals surface area contributed by atoms with E-state index < -0.39 is 35.5 Å². The van der Waals surface area contributed by atoms with Gasteiger partial charge in [0.1, 0.15) is 29.2 Å². The summed E-state index contributed by atoms with van der Waals surface area (Å²) in [5.41, 5.74) is 3.40. The van der Waals surface area contributed by atoms with Crippen molar-refractivity contribution in [1.29, 1.82) is 0 Å². The predicted octanol–water partition coefficient (Wildman–Crippen LogP) is 5.16. The van der Waals surface area contributed by atoms with E-state index in [0.29, 0.717) is 29.7 Å². The zero-order valence-electron chi connectivity index (χ0n) is 26.5. The Kier molecular flexibility index (Phi) is 9.00. The van der Waals surface area contributed by atoms with E-state index in [2.05, 4.69) is 27.2 Å². The van der Waals surface area contributed by atoms with Crippen molar-refractivity contribution in [3.63, 3.8) is 0 Å². The van der Waals surface area contributed by atoms with Gasteiger partial charge in [-0.05, 0) is 62.1 Å². The minimum absolute atomic E-state index is 0.0806. The zero-order valence-corrected chi connectivity index (χ0v) is 26.5. The predicted molar refractivity (Wildman–Crippen MR) is 179 cm³/mol. The molecule has 0 spiro atoms. The van der Waals surface area contributed by atoms with Crippen molar-refractivity contribution in [3.8, 4) is 11.8 Å². The minimum Gasteiger partial charge on any atom is -0.445 e. The first kappa shape index (κ1) is 31.3. The number of amides is 3. The van der Waals surface area contributed by atoms with E-state index in [1.165, 1.54) is 0 Å². The molecular formula is C37H39N5O6. The Morgan fingerprint density at radius 1 is 0.958 bits per heavy atom. The number of nitrogens with one attached hydrogen (secondary N) is 3. The van der Waals surface area contributed by atoms with Gasteiger partial charge in [-0.25, -0.2) is 0 Å². The van der Waals surface area contributed by atoms with Crippen LogP contribution >= 0.6 is 0 Å². The number of oxazole rings is 1. The molecule has 11 nitrogen and oxygen atoms in total. The molecule has 0 bridgehead atoms. The topological polar surface area (TPSA) is 135 Å². The standard InChI is InChI=1S/C37H39N5O6/c43-33-31-22-28(46-36-39-29-19-12-13-21-32(29)47-36)24-42(31)34(44)30(38-26-15-7-4-8-16-26)20-11-3-1-2-6-14-25-23-37(25,40-33)35(45)41-48-27-17-9-5-10-18-27/h4-10,12-19,21,25,28,30-31,38H,1-3,11,20,22-24H2,(H,40,43)(H,41,45)/b14-6-/t25-,28-,30+,31+,37-/m1/s1. The van der Waals surface area contributed by atoms with E-state index in [1.807, 2.05) is 60.7 Å². The Balaban J connectivity index is 1.16. The molecule has 48 heavy (non-hydrogen) atoms. The molecule has 7 rings (SSSR count). The molecule has 2 aliphatic heterocycles. The van der Waals surface area contributed by atoms with Gasteiger partial charge in [0.25, 0.3) is 5.91 Å². The number of hydrogen-bond donors (Lipinski definition) is 3. The molecule has 1 saturated heterocycles. The van der Waals surface area contributed by atoms with Crippen LogP contribution in [0.15, 0.2) is 101 Å². The van der Waals surface area contributed by atoms with Gasteiger partial charge in [0.15, 0.2) is 11.3 Å². The molecule has 0 radical (unpaired) electrons. The average molecular weight is 650 g/mol. The number of nitrogens with zero attached hydrogens (tertiary/aromatic N) is 2. The van der Waals surface area contributed by atoms with Gasteiger partial charge in [0.05, 0.1) is 6.54 Å². The van der Waals surface area contributed by atoms with Crippen molar-refractivity contribution in [2.45, 2.75) is 68.7 Å². The Bertz CT molecular complexity index is 1750. The minimum atomic E-state index is -1.21. The first-order valence-electron chi connectivity index (χ1n) is 16.6. The van der Waals surface area contributed by atoms with Crippen LogP contribution < -0.4 is 25.7 Å². The molecule has 3 N–H and O–H groups in total. The van der Waals surface area contributed by atoms with Crippen molar-refractivity contribution < 1.29 is 28.4 Å². The molecule has 3 amide bonds. The third-order valence-electron chi connectivity index (χ3n) is 9.31. The van der Waals surface area contributed by atoms with E-state index in [0.717, 1.165) is 31.4 Å². The highest BCUT2D eigenvalue weighted by atomic mass is 16.7. The molecule has 248 valence electrons. The van der Waals surface area contributed by atoms with E-state index in [-0.39, 0.29) is 30.9 Å². The number of fused-ring (bicyclic) bond motifs is 3. The molecule has 4 aromatic rings.